The molecule has 3 aliphatic rings. The first-order chi connectivity index (χ1) is 10.0. The minimum absolute atomic E-state index is 0.735. The Hall–Kier alpha value is -0.120. The largest absolute Gasteiger partial charge is 0.302 e. The van der Waals surface area contributed by atoms with E-state index in [0.29, 0.717) is 0 Å². The highest BCUT2D eigenvalue weighted by Crippen LogP contribution is 2.33. The van der Waals surface area contributed by atoms with E-state index in [1.54, 1.807) is 0 Å². The quantitative estimate of drug-likeness (QED) is 0.788. The summed E-state index contributed by atoms with van der Waals surface area (Å²) in [6.45, 7) is 18.8. The molecular weight excluding hydrogens is 258 g/mol. The number of nitrogens with zero attached hydrogens (tertiary/aromatic N) is 3. The van der Waals surface area contributed by atoms with Gasteiger partial charge >= 0.3 is 0 Å². The highest BCUT2D eigenvalue weighted by Gasteiger charge is 2.40. The van der Waals surface area contributed by atoms with Crippen molar-refractivity contribution in [3.8, 4) is 0 Å². The number of fused-ring (bicyclic) bond motifs is 1. The van der Waals surface area contributed by atoms with Crippen LogP contribution >= 0.6 is 0 Å². The van der Waals surface area contributed by atoms with Gasteiger partial charge in [0.2, 0.25) is 0 Å². The van der Waals surface area contributed by atoms with Crippen LogP contribution in [0.25, 0.3) is 0 Å². The van der Waals surface area contributed by atoms with Crippen LogP contribution in [0.2, 0.25) is 0 Å². The molecule has 3 aliphatic heterocycles. The van der Waals surface area contributed by atoms with Crippen molar-refractivity contribution in [1.82, 2.24) is 14.7 Å². The highest BCUT2D eigenvalue weighted by atomic mass is 15.2. The van der Waals surface area contributed by atoms with Crippen molar-refractivity contribution in [3.63, 3.8) is 0 Å². The second-order valence-electron chi connectivity index (χ2n) is 8.36. The number of hydrogen-bond donors (Lipinski definition) is 0. The van der Waals surface area contributed by atoms with E-state index in [2.05, 4.69) is 42.4 Å². The Kier molecular flexibility index (Phi) is 4.92. The Labute approximate surface area is 131 Å². The molecule has 3 nitrogen and oxygen atoms in total. The smallest absolute Gasteiger partial charge is 0.00388 e. The monoisotopic (exact) mass is 293 g/mol. The summed E-state index contributed by atoms with van der Waals surface area (Å²) in [6, 6.07) is 1.48. The molecule has 3 saturated heterocycles. The minimum atomic E-state index is 0.735. The molecule has 0 amide bonds. The standard InChI is InChI=1S/C18H35N3/c1-14(2)20-7-5-16(6-8-20)9-19-10-17-12-21(15(3)4)13-18(17)11-19/h14-18H,5-13H2,1-4H3/t17-,18+. The summed E-state index contributed by atoms with van der Waals surface area (Å²) in [4.78, 5) is 8.13. The van der Waals surface area contributed by atoms with Crippen LogP contribution in [-0.2, 0) is 0 Å². The molecule has 3 heteroatoms. The van der Waals surface area contributed by atoms with Gasteiger partial charge in [-0.05, 0) is 71.4 Å². The molecule has 0 aromatic carbocycles. The van der Waals surface area contributed by atoms with Crippen LogP contribution in [0.3, 0.4) is 0 Å². The van der Waals surface area contributed by atoms with Gasteiger partial charge in [-0.25, -0.2) is 0 Å². The van der Waals surface area contributed by atoms with Crippen molar-refractivity contribution in [2.75, 3.05) is 45.8 Å². The molecule has 0 bridgehead atoms. The Balaban J connectivity index is 1.41. The number of hydrogen-bond acceptors (Lipinski definition) is 3. The van der Waals surface area contributed by atoms with Gasteiger partial charge in [-0.2, -0.15) is 0 Å². The van der Waals surface area contributed by atoms with Gasteiger partial charge in [-0.3, -0.25) is 0 Å². The third-order valence-corrected chi connectivity index (χ3v) is 6.22. The van der Waals surface area contributed by atoms with E-state index in [1.807, 2.05) is 0 Å². The van der Waals surface area contributed by atoms with Crippen LogP contribution in [0.4, 0.5) is 0 Å². The molecule has 0 saturated carbocycles. The molecule has 122 valence electrons. The molecular formula is C18H35N3. The van der Waals surface area contributed by atoms with Crippen molar-refractivity contribution in [2.45, 2.75) is 52.6 Å². The fourth-order valence-electron chi connectivity index (χ4n) is 4.71. The van der Waals surface area contributed by atoms with Crippen LogP contribution in [-0.4, -0.2) is 72.6 Å². The van der Waals surface area contributed by atoms with Crippen LogP contribution in [0.1, 0.15) is 40.5 Å². The van der Waals surface area contributed by atoms with Crippen LogP contribution in [0, 0.1) is 17.8 Å². The van der Waals surface area contributed by atoms with Crippen molar-refractivity contribution in [1.29, 1.82) is 0 Å². The van der Waals surface area contributed by atoms with Gasteiger partial charge < -0.3 is 14.7 Å². The summed E-state index contributed by atoms with van der Waals surface area (Å²) in [5.41, 5.74) is 0. The normalized spacial score (nSPS) is 33.4. The molecule has 0 spiro atoms. The molecule has 0 aromatic rings. The number of rotatable bonds is 4. The second kappa shape index (κ2) is 6.55. The molecule has 0 radical (unpaired) electrons. The molecule has 3 heterocycles. The highest BCUT2D eigenvalue weighted by molar-refractivity contribution is 4.94. The Morgan fingerprint density at radius 3 is 1.76 bits per heavy atom. The lowest BCUT2D eigenvalue weighted by atomic mass is 9.95. The van der Waals surface area contributed by atoms with E-state index in [1.165, 1.54) is 58.7 Å². The Morgan fingerprint density at radius 2 is 1.29 bits per heavy atom. The van der Waals surface area contributed by atoms with E-state index in [9.17, 15) is 0 Å². The van der Waals surface area contributed by atoms with Gasteiger partial charge in [0.1, 0.15) is 0 Å². The van der Waals surface area contributed by atoms with Crippen molar-refractivity contribution < 1.29 is 0 Å². The van der Waals surface area contributed by atoms with E-state index in [4.69, 9.17) is 0 Å². The summed E-state index contributed by atoms with van der Waals surface area (Å²) in [7, 11) is 0. The van der Waals surface area contributed by atoms with Gasteiger partial charge in [0.25, 0.3) is 0 Å². The summed E-state index contributed by atoms with van der Waals surface area (Å²) < 4.78 is 0. The lowest BCUT2D eigenvalue weighted by Crippen LogP contribution is -2.42. The maximum Gasteiger partial charge on any atom is 0.00388 e. The third kappa shape index (κ3) is 3.62. The Morgan fingerprint density at radius 1 is 0.762 bits per heavy atom. The molecule has 0 aromatic heterocycles. The van der Waals surface area contributed by atoms with Crippen LogP contribution in [0.5, 0.6) is 0 Å². The van der Waals surface area contributed by atoms with Crippen LogP contribution in [0.15, 0.2) is 0 Å². The maximum atomic E-state index is 2.79. The molecule has 2 atom stereocenters. The summed E-state index contributed by atoms with van der Waals surface area (Å²) in [5, 5.41) is 0. The average Bonchev–Trinajstić information content (AvgIpc) is 2.97. The van der Waals surface area contributed by atoms with Gasteiger partial charge in [0.15, 0.2) is 0 Å². The molecule has 3 rings (SSSR count). The summed E-state index contributed by atoms with van der Waals surface area (Å²) in [6.07, 6.45) is 2.84. The van der Waals surface area contributed by atoms with Gasteiger partial charge in [-0.15, -0.1) is 0 Å². The van der Waals surface area contributed by atoms with Gasteiger partial charge in [0.05, 0.1) is 0 Å². The first-order valence-electron chi connectivity index (χ1n) is 9.23. The number of piperidine rings is 1. The lowest BCUT2D eigenvalue weighted by molar-refractivity contribution is 0.123. The van der Waals surface area contributed by atoms with Crippen molar-refractivity contribution in [2.24, 2.45) is 17.8 Å². The second-order valence-corrected chi connectivity index (χ2v) is 8.36. The van der Waals surface area contributed by atoms with Crippen molar-refractivity contribution >= 4 is 0 Å². The lowest BCUT2D eigenvalue weighted by Gasteiger charge is -2.36. The zero-order valence-electron chi connectivity index (χ0n) is 14.6. The predicted molar refractivity (Wildman–Crippen MR) is 89.6 cm³/mol. The van der Waals surface area contributed by atoms with Crippen LogP contribution < -0.4 is 0 Å². The summed E-state index contributed by atoms with van der Waals surface area (Å²) in [5.74, 6) is 2.88. The zero-order valence-corrected chi connectivity index (χ0v) is 14.6. The van der Waals surface area contributed by atoms with E-state index >= 15 is 0 Å². The first kappa shape index (κ1) is 15.8. The number of likely N-dealkylation sites (tertiary alicyclic amines) is 3. The molecule has 21 heavy (non-hydrogen) atoms. The molecule has 3 fully saturated rings. The first-order valence-corrected chi connectivity index (χ1v) is 9.23. The minimum Gasteiger partial charge on any atom is -0.302 e. The molecule has 0 N–H and O–H groups in total. The molecule has 0 unspecified atom stereocenters. The average molecular weight is 293 g/mol. The summed E-state index contributed by atoms with van der Waals surface area (Å²) >= 11 is 0. The SMILES string of the molecule is CC(C)N1CCC(CN2C[C@@H]3CN(C(C)C)C[C@@H]3C2)CC1. The van der Waals surface area contributed by atoms with E-state index in [-0.39, 0.29) is 0 Å². The topological polar surface area (TPSA) is 9.72 Å². The van der Waals surface area contributed by atoms with Crippen molar-refractivity contribution in [3.05, 3.63) is 0 Å². The fraction of sp³-hybridized carbons (Fsp3) is 1.00. The Bertz CT molecular complexity index is 319. The van der Waals surface area contributed by atoms with Gasteiger partial charge in [-0.1, -0.05) is 0 Å². The zero-order chi connectivity index (χ0) is 15.0. The maximum absolute atomic E-state index is 2.79. The third-order valence-electron chi connectivity index (χ3n) is 6.22. The fourth-order valence-corrected chi connectivity index (χ4v) is 4.71. The van der Waals surface area contributed by atoms with E-state index < -0.39 is 0 Å². The predicted octanol–water partition coefficient (Wildman–Crippen LogP) is 2.38. The van der Waals surface area contributed by atoms with Gasteiger partial charge in [0, 0.05) is 44.8 Å². The molecule has 0 aliphatic carbocycles. The van der Waals surface area contributed by atoms with E-state index in [0.717, 1.165) is 29.8 Å².